The Balaban J connectivity index is 3.87. The molecule has 14 heavy (non-hydrogen) atoms. The van der Waals surface area contributed by atoms with Gasteiger partial charge in [-0.25, -0.2) is 0 Å². The van der Waals surface area contributed by atoms with Gasteiger partial charge >= 0.3 is 0 Å². The van der Waals surface area contributed by atoms with Crippen LogP contribution in [-0.2, 0) is 10.8 Å². The second kappa shape index (κ2) is 6.53. The van der Waals surface area contributed by atoms with E-state index < -0.39 is 23.0 Å². The highest BCUT2D eigenvalue weighted by atomic mass is 32.2. The van der Waals surface area contributed by atoms with Crippen LogP contribution < -0.4 is 0 Å². The molecule has 0 saturated heterocycles. The van der Waals surface area contributed by atoms with Crippen LogP contribution in [-0.4, -0.2) is 38.1 Å². The van der Waals surface area contributed by atoms with E-state index in [0.29, 0.717) is 0 Å². The molecule has 0 radical (unpaired) electrons. The van der Waals surface area contributed by atoms with Gasteiger partial charge in [0.25, 0.3) is 0 Å². The smallest absolute Gasteiger partial charge is 0.0678 e. The van der Waals surface area contributed by atoms with Gasteiger partial charge in [0.2, 0.25) is 0 Å². The molecule has 0 amide bonds. The van der Waals surface area contributed by atoms with E-state index in [1.54, 1.807) is 0 Å². The van der Waals surface area contributed by atoms with E-state index in [4.69, 9.17) is 0 Å². The number of aliphatic hydroxyl groups excluding tert-OH is 2. The molecule has 0 fully saturated rings. The third-order valence-corrected chi connectivity index (χ3v) is 3.68. The lowest BCUT2D eigenvalue weighted by Crippen LogP contribution is -2.29. The van der Waals surface area contributed by atoms with E-state index in [9.17, 15) is 14.4 Å². The van der Waals surface area contributed by atoms with Crippen LogP contribution in [0.2, 0.25) is 0 Å². The minimum atomic E-state index is -1.12. The van der Waals surface area contributed by atoms with Crippen molar-refractivity contribution in [1.29, 1.82) is 0 Å². The third kappa shape index (κ3) is 5.73. The monoisotopic (exact) mass is 222 g/mol. The molecule has 4 heteroatoms. The summed E-state index contributed by atoms with van der Waals surface area (Å²) in [6.07, 6.45) is -1.06. The lowest BCUT2D eigenvalue weighted by atomic mass is 10.1. The summed E-state index contributed by atoms with van der Waals surface area (Å²) in [4.78, 5) is 0. The molecule has 86 valence electrons. The van der Waals surface area contributed by atoms with Gasteiger partial charge in [0.1, 0.15) is 0 Å². The molecular weight excluding hydrogens is 200 g/mol. The van der Waals surface area contributed by atoms with Crippen LogP contribution in [0.3, 0.4) is 0 Å². The molecule has 2 unspecified atom stereocenters. The van der Waals surface area contributed by atoms with E-state index in [1.165, 1.54) is 0 Å². The summed E-state index contributed by atoms with van der Waals surface area (Å²) < 4.78 is 11.5. The minimum Gasteiger partial charge on any atom is -0.392 e. The predicted molar refractivity (Wildman–Crippen MR) is 59.6 cm³/mol. The third-order valence-electron chi connectivity index (χ3n) is 2.25. The fraction of sp³-hybridized carbons (Fsp3) is 1.00. The van der Waals surface area contributed by atoms with Crippen molar-refractivity contribution in [1.82, 2.24) is 0 Å². The molecule has 0 aliphatic carbocycles. The Morgan fingerprint density at radius 3 is 1.43 bits per heavy atom. The Labute approximate surface area is 89.0 Å². The van der Waals surface area contributed by atoms with E-state index in [-0.39, 0.29) is 23.3 Å². The largest absolute Gasteiger partial charge is 0.392 e. The summed E-state index contributed by atoms with van der Waals surface area (Å²) in [7, 11) is -1.12. The maximum absolute atomic E-state index is 11.5. The molecule has 0 rings (SSSR count). The first-order chi connectivity index (χ1) is 6.34. The average molecular weight is 222 g/mol. The zero-order valence-electron chi connectivity index (χ0n) is 9.43. The van der Waals surface area contributed by atoms with Gasteiger partial charge in [0.15, 0.2) is 0 Å². The first-order valence-electron chi connectivity index (χ1n) is 5.05. The topological polar surface area (TPSA) is 57.5 Å². The van der Waals surface area contributed by atoms with Crippen molar-refractivity contribution in [2.24, 2.45) is 11.8 Å². The number of rotatable bonds is 6. The number of aliphatic hydroxyl groups is 2. The summed E-state index contributed by atoms with van der Waals surface area (Å²) in [5, 5.41) is 18.9. The van der Waals surface area contributed by atoms with E-state index in [2.05, 4.69) is 0 Å². The summed E-state index contributed by atoms with van der Waals surface area (Å²) >= 11 is 0. The number of hydrogen-bond donors (Lipinski definition) is 2. The molecule has 0 spiro atoms. The molecule has 0 aliphatic rings. The van der Waals surface area contributed by atoms with Crippen molar-refractivity contribution >= 4 is 10.8 Å². The molecule has 0 heterocycles. The fourth-order valence-electron chi connectivity index (χ4n) is 0.834. The van der Waals surface area contributed by atoms with Gasteiger partial charge in [-0.15, -0.1) is 0 Å². The highest BCUT2D eigenvalue weighted by Crippen LogP contribution is 2.07. The van der Waals surface area contributed by atoms with Crippen LogP contribution >= 0.6 is 0 Å². The Kier molecular flexibility index (Phi) is 6.57. The van der Waals surface area contributed by atoms with Crippen molar-refractivity contribution in [3.05, 3.63) is 0 Å². The molecule has 0 bridgehead atoms. The maximum atomic E-state index is 11.5. The Bertz CT molecular complexity index is 162. The van der Waals surface area contributed by atoms with Gasteiger partial charge < -0.3 is 10.2 Å². The summed E-state index contributed by atoms with van der Waals surface area (Å²) in [6.45, 7) is 7.56. The van der Waals surface area contributed by atoms with Gasteiger partial charge in [0.05, 0.1) is 12.2 Å². The SMILES string of the molecule is CC(C)C(O)CS(=O)CC(O)C(C)C. The molecule has 3 nitrogen and oxygen atoms in total. The van der Waals surface area contributed by atoms with Crippen LogP contribution in [0, 0.1) is 11.8 Å². The first kappa shape index (κ1) is 14.1. The molecule has 0 aromatic carbocycles. The second-order valence-corrected chi connectivity index (χ2v) is 5.94. The zero-order valence-corrected chi connectivity index (χ0v) is 10.3. The van der Waals surface area contributed by atoms with Crippen molar-refractivity contribution in [3.63, 3.8) is 0 Å². The highest BCUT2D eigenvalue weighted by Gasteiger charge is 2.17. The maximum Gasteiger partial charge on any atom is 0.0678 e. The molecule has 0 aliphatic heterocycles. The van der Waals surface area contributed by atoms with E-state index in [0.717, 1.165) is 0 Å². The van der Waals surface area contributed by atoms with Crippen LogP contribution in [0.1, 0.15) is 27.7 Å². The summed E-state index contributed by atoms with van der Waals surface area (Å²) in [6, 6.07) is 0. The standard InChI is InChI=1S/C10H22O3S/c1-7(2)9(11)5-14(13)6-10(12)8(3)4/h7-12H,5-6H2,1-4H3. The summed E-state index contributed by atoms with van der Waals surface area (Å²) in [5.74, 6) is 0.772. The lowest BCUT2D eigenvalue weighted by molar-refractivity contribution is 0.142. The van der Waals surface area contributed by atoms with Crippen molar-refractivity contribution < 1.29 is 14.4 Å². The van der Waals surface area contributed by atoms with Crippen LogP contribution in [0.15, 0.2) is 0 Å². The predicted octanol–water partition coefficient (Wildman–Crippen LogP) is 0.769. The lowest BCUT2D eigenvalue weighted by Gasteiger charge is -2.17. The Morgan fingerprint density at radius 2 is 1.21 bits per heavy atom. The second-order valence-electron chi connectivity index (χ2n) is 4.40. The fourth-order valence-corrected chi connectivity index (χ4v) is 2.50. The molecule has 2 atom stereocenters. The van der Waals surface area contributed by atoms with E-state index >= 15 is 0 Å². The molecule has 0 aromatic rings. The van der Waals surface area contributed by atoms with Crippen LogP contribution in [0.4, 0.5) is 0 Å². The molecule has 0 saturated carbocycles. The van der Waals surface area contributed by atoms with Gasteiger partial charge in [-0.05, 0) is 11.8 Å². The molecule has 0 aromatic heterocycles. The quantitative estimate of drug-likeness (QED) is 0.698. The first-order valence-corrected chi connectivity index (χ1v) is 6.54. The zero-order chi connectivity index (χ0) is 11.3. The molecule has 2 N–H and O–H groups in total. The summed E-state index contributed by atoms with van der Waals surface area (Å²) in [5.41, 5.74) is 0. The molecular formula is C10H22O3S. The van der Waals surface area contributed by atoms with Crippen LogP contribution in [0.25, 0.3) is 0 Å². The van der Waals surface area contributed by atoms with Gasteiger partial charge in [-0.3, -0.25) is 4.21 Å². The number of hydrogen-bond acceptors (Lipinski definition) is 3. The average Bonchev–Trinajstić information content (AvgIpc) is 2.03. The van der Waals surface area contributed by atoms with Crippen molar-refractivity contribution in [2.45, 2.75) is 39.9 Å². The van der Waals surface area contributed by atoms with Gasteiger partial charge in [-0.1, -0.05) is 27.7 Å². The highest BCUT2D eigenvalue weighted by molar-refractivity contribution is 7.85. The van der Waals surface area contributed by atoms with Crippen molar-refractivity contribution in [2.75, 3.05) is 11.5 Å². The minimum absolute atomic E-state index is 0.121. The van der Waals surface area contributed by atoms with Gasteiger partial charge in [0, 0.05) is 22.3 Å². The van der Waals surface area contributed by atoms with Gasteiger partial charge in [-0.2, -0.15) is 0 Å². The van der Waals surface area contributed by atoms with E-state index in [1.807, 2.05) is 27.7 Å². The van der Waals surface area contributed by atoms with Crippen LogP contribution in [0.5, 0.6) is 0 Å². The Morgan fingerprint density at radius 1 is 0.929 bits per heavy atom. The Hall–Kier alpha value is 0.0700. The van der Waals surface area contributed by atoms with Crippen molar-refractivity contribution in [3.8, 4) is 0 Å². The normalized spacial score (nSPS) is 18.6.